The lowest BCUT2D eigenvalue weighted by Crippen LogP contribution is -2.47. The van der Waals surface area contributed by atoms with Crippen molar-refractivity contribution in [2.75, 3.05) is 13.7 Å². The summed E-state index contributed by atoms with van der Waals surface area (Å²) < 4.78 is 16.4. The Hall–Kier alpha value is -1.97. The number of ether oxygens (including phenoxy) is 3. The Morgan fingerprint density at radius 2 is 2.27 bits per heavy atom. The van der Waals surface area contributed by atoms with Gasteiger partial charge < -0.3 is 14.2 Å². The molecule has 0 amide bonds. The summed E-state index contributed by atoms with van der Waals surface area (Å²) in [6.07, 6.45) is 6.15. The minimum absolute atomic E-state index is 0.165. The highest BCUT2D eigenvalue weighted by Crippen LogP contribution is 2.61. The SMILES string of the molecule is C=CCOC(=O)O[C@@]12CCCCC[C@@H]1c1cccc(OC)c12. The van der Waals surface area contributed by atoms with Crippen LogP contribution in [0.2, 0.25) is 0 Å². The summed E-state index contributed by atoms with van der Waals surface area (Å²) in [5, 5.41) is 0. The van der Waals surface area contributed by atoms with Crippen molar-refractivity contribution in [1.82, 2.24) is 0 Å². The molecule has 0 aliphatic heterocycles. The average molecular weight is 302 g/mol. The molecule has 1 saturated carbocycles. The summed E-state index contributed by atoms with van der Waals surface area (Å²) in [5.74, 6) is 1.04. The first kappa shape index (κ1) is 14.9. The number of fused-ring (bicyclic) bond motifs is 4. The molecule has 1 aromatic rings. The van der Waals surface area contributed by atoms with Gasteiger partial charge in [0.05, 0.1) is 7.11 Å². The molecule has 0 bridgehead atoms. The van der Waals surface area contributed by atoms with Gasteiger partial charge in [0.25, 0.3) is 0 Å². The van der Waals surface area contributed by atoms with E-state index in [1.165, 1.54) is 12.0 Å². The molecule has 22 heavy (non-hydrogen) atoms. The topological polar surface area (TPSA) is 44.8 Å². The van der Waals surface area contributed by atoms with Crippen molar-refractivity contribution in [3.05, 3.63) is 42.0 Å². The molecule has 0 heterocycles. The van der Waals surface area contributed by atoms with E-state index in [-0.39, 0.29) is 12.5 Å². The van der Waals surface area contributed by atoms with Crippen LogP contribution in [0.3, 0.4) is 0 Å². The minimum Gasteiger partial charge on any atom is -0.496 e. The zero-order chi connectivity index (χ0) is 15.6. The van der Waals surface area contributed by atoms with Gasteiger partial charge in [-0.3, -0.25) is 0 Å². The van der Waals surface area contributed by atoms with Crippen molar-refractivity contribution in [2.24, 2.45) is 0 Å². The van der Waals surface area contributed by atoms with Crippen molar-refractivity contribution < 1.29 is 19.0 Å². The quantitative estimate of drug-likeness (QED) is 0.615. The van der Waals surface area contributed by atoms with Crippen molar-refractivity contribution in [3.63, 3.8) is 0 Å². The Balaban J connectivity index is 1.95. The third-order valence-electron chi connectivity index (χ3n) is 4.77. The number of hydrogen-bond acceptors (Lipinski definition) is 4. The smallest absolute Gasteiger partial charge is 0.496 e. The molecular weight excluding hydrogens is 280 g/mol. The highest BCUT2D eigenvalue weighted by molar-refractivity contribution is 5.65. The second kappa shape index (κ2) is 6.03. The first-order chi connectivity index (χ1) is 10.7. The summed E-state index contributed by atoms with van der Waals surface area (Å²) in [4.78, 5) is 12.0. The maximum absolute atomic E-state index is 12.0. The number of methoxy groups -OCH3 is 1. The number of rotatable bonds is 4. The van der Waals surface area contributed by atoms with Gasteiger partial charge in [-0.05, 0) is 30.9 Å². The average Bonchev–Trinajstić information content (AvgIpc) is 2.70. The van der Waals surface area contributed by atoms with E-state index in [9.17, 15) is 4.79 Å². The summed E-state index contributed by atoms with van der Waals surface area (Å²) >= 11 is 0. The van der Waals surface area contributed by atoms with E-state index in [0.717, 1.165) is 37.0 Å². The first-order valence-corrected chi connectivity index (χ1v) is 7.87. The molecule has 3 rings (SSSR count). The fourth-order valence-corrected chi connectivity index (χ4v) is 3.89. The Morgan fingerprint density at radius 3 is 3.05 bits per heavy atom. The third kappa shape index (κ3) is 2.27. The van der Waals surface area contributed by atoms with Gasteiger partial charge in [-0.1, -0.05) is 37.6 Å². The Morgan fingerprint density at radius 1 is 1.41 bits per heavy atom. The largest absolute Gasteiger partial charge is 0.509 e. The second-order valence-corrected chi connectivity index (χ2v) is 5.92. The van der Waals surface area contributed by atoms with Gasteiger partial charge in [0, 0.05) is 11.5 Å². The van der Waals surface area contributed by atoms with Crippen LogP contribution in [0.5, 0.6) is 5.75 Å². The number of hydrogen-bond donors (Lipinski definition) is 0. The first-order valence-electron chi connectivity index (χ1n) is 7.87. The van der Waals surface area contributed by atoms with Gasteiger partial charge in [0.15, 0.2) is 5.60 Å². The summed E-state index contributed by atoms with van der Waals surface area (Å²) in [7, 11) is 1.66. The molecule has 2 atom stereocenters. The highest BCUT2D eigenvalue weighted by atomic mass is 16.7. The lowest BCUT2D eigenvalue weighted by molar-refractivity contribution is -0.0757. The molecule has 0 N–H and O–H groups in total. The van der Waals surface area contributed by atoms with E-state index in [1.807, 2.05) is 12.1 Å². The maximum Gasteiger partial charge on any atom is 0.509 e. The highest BCUT2D eigenvalue weighted by Gasteiger charge is 2.57. The van der Waals surface area contributed by atoms with E-state index in [1.54, 1.807) is 13.2 Å². The molecule has 2 aliphatic rings. The van der Waals surface area contributed by atoms with Gasteiger partial charge in [-0.15, -0.1) is 0 Å². The van der Waals surface area contributed by atoms with Gasteiger partial charge in [-0.2, -0.15) is 0 Å². The van der Waals surface area contributed by atoms with E-state index in [0.29, 0.717) is 0 Å². The zero-order valence-corrected chi connectivity index (χ0v) is 13.0. The molecular formula is C18H22O4. The van der Waals surface area contributed by atoms with Gasteiger partial charge >= 0.3 is 6.16 Å². The van der Waals surface area contributed by atoms with Crippen molar-refractivity contribution in [3.8, 4) is 5.75 Å². The van der Waals surface area contributed by atoms with Gasteiger partial charge in [-0.25, -0.2) is 4.79 Å². The van der Waals surface area contributed by atoms with Crippen LogP contribution in [-0.4, -0.2) is 19.9 Å². The second-order valence-electron chi connectivity index (χ2n) is 5.92. The molecule has 2 aliphatic carbocycles. The van der Waals surface area contributed by atoms with Gasteiger partial charge in [0.1, 0.15) is 12.4 Å². The molecule has 1 aromatic carbocycles. The third-order valence-corrected chi connectivity index (χ3v) is 4.77. The molecule has 1 fully saturated rings. The normalized spacial score (nSPS) is 25.8. The molecule has 0 spiro atoms. The maximum atomic E-state index is 12.0. The molecule has 0 saturated heterocycles. The minimum atomic E-state index is -0.622. The fraction of sp³-hybridized carbons (Fsp3) is 0.500. The molecule has 0 radical (unpaired) electrons. The molecule has 4 heteroatoms. The van der Waals surface area contributed by atoms with E-state index >= 15 is 0 Å². The van der Waals surface area contributed by atoms with Crippen LogP contribution in [0.25, 0.3) is 0 Å². The number of carbonyl (C=O) groups is 1. The summed E-state index contributed by atoms with van der Waals surface area (Å²) in [5.41, 5.74) is 1.69. The predicted molar refractivity (Wildman–Crippen MR) is 83.1 cm³/mol. The van der Waals surface area contributed by atoms with E-state index in [4.69, 9.17) is 14.2 Å². The molecule has 0 aromatic heterocycles. The Kier molecular flexibility index (Phi) is 4.10. The Bertz CT molecular complexity index is 580. The lowest BCUT2D eigenvalue weighted by Gasteiger charge is -2.49. The van der Waals surface area contributed by atoms with Crippen molar-refractivity contribution in [1.29, 1.82) is 0 Å². The number of carbonyl (C=O) groups excluding carboxylic acids is 1. The van der Waals surface area contributed by atoms with Crippen molar-refractivity contribution >= 4 is 6.16 Å². The summed E-state index contributed by atoms with van der Waals surface area (Å²) in [6.45, 7) is 3.72. The standard InChI is InChI=1S/C18H22O4/c1-3-12-21-17(19)22-18-11-6-4-5-9-14(18)13-8-7-10-15(20-2)16(13)18/h3,7-8,10,14H,1,4-6,9,11-12H2,2H3/t14-,18+/m1/s1. The van der Waals surface area contributed by atoms with Gasteiger partial charge in [0.2, 0.25) is 0 Å². The number of benzene rings is 1. The van der Waals surface area contributed by atoms with E-state index in [2.05, 4.69) is 12.6 Å². The van der Waals surface area contributed by atoms with Crippen molar-refractivity contribution in [2.45, 2.75) is 43.6 Å². The monoisotopic (exact) mass is 302 g/mol. The Labute approximate surface area is 131 Å². The molecule has 0 unspecified atom stereocenters. The van der Waals surface area contributed by atoms with E-state index < -0.39 is 11.8 Å². The van der Waals surface area contributed by atoms with Crippen LogP contribution in [0.1, 0.15) is 49.1 Å². The van der Waals surface area contributed by atoms with Crippen LogP contribution in [0.15, 0.2) is 30.9 Å². The van der Waals surface area contributed by atoms with Crippen LogP contribution >= 0.6 is 0 Å². The summed E-state index contributed by atoms with van der Waals surface area (Å²) in [6, 6.07) is 6.05. The van der Waals surface area contributed by atoms with Crippen LogP contribution < -0.4 is 4.74 Å². The lowest BCUT2D eigenvalue weighted by atomic mass is 9.61. The zero-order valence-electron chi connectivity index (χ0n) is 13.0. The van der Waals surface area contributed by atoms with Crippen LogP contribution in [-0.2, 0) is 15.1 Å². The fourth-order valence-electron chi connectivity index (χ4n) is 3.89. The molecule has 4 nitrogen and oxygen atoms in total. The van der Waals surface area contributed by atoms with Crippen LogP contribution in [0, 0.1) is 0 Å². The van der Waals surface area contributed by atoms with Crippen LogP contribution in [0.4, 0.5) is 4.79 Å². The molecule has 118 valence electrons. The predicted octanol–water partition coefficient (Wildman–Crippen LogP) is 4.29.